The van der Waals surface area contributed by atoms with Gasteiger partial charge in [0.15, 0.2) is 9.84 Å². The molecule has 0 bridgehead atoms. The van der Waals surface area contributed by atoms with Gasteiger partial charge < -0.3 is 0 Å². The second kappa shape index (κ2) is 5.93. The van der Waals surface area contributed by atoms with Gasteiger partial charge in [-0.05, 0) is 52.9 Å². The lowest BCUT2D eigenvalue weighted by atomic mass is 10.3. The number of anilines is 1. The van der Waals surface area contributed by atoms with E-state index in [9.17, 15) is 16.8 Å². The predicted octanol–water partition coefficient (Wildman–Crippen LogP) is 2.50. The maximum absolute atomic E-state index is 12.3. The third kappa shape index (κ3) is 3.95. The van der Waals surface area contributed by atoms with Gasteiger partial charge >= 0.3 is 0 Å². The van der Waals surface area contributed by atoms with Crippen molar-refractivity contribution in [3.05, 3.63) is 52.1 Å². The molecule has 112 valence electrons. The van der Waals surface area contributed by atoms with Crippen LogP contribution in [-0.4, -0.2) is 23.1 Å². The van der Waals surface area contributed by atoms with E-state index in [0.29, 0.717) is 5.69 Å². The fourth-order valence-electron chi connectivity index (χ4n) is 1.62. The topological polar surface area (TPSA) is 80.3 Å². The zero-order valence-corrected chi connectivity index (χ0v) is 14.7. The molecular formula is C13H12INO4S2. The minimum Gasteiger partial charge on any atom is -0.279 e. The Morgan fingerprint density at radius 2 is 1.52 bits per heavy atom. The molecule has 5 nitrogen and oxygen atoms in total. The van der Waals surface area contributed by atoms with E-state index in [0.717, 1.165) is 15.9 Å². The predicted molar refractivity (Wildman–Crippen MR) is 89.5 cm³/mol. The minimum atomic E-state index is -3.84. The molecule has 0 heterocycles. The second-order valence-electron chi connectivity index (χ2n) is 4.33. The van der Waals surface area contributed by atoms with Gasteiger partial charge in [-0.25, -0.2) is 16.8 Å². The molecule has 0 radical (unpaired) electrons. The fraction of sp³-hybridized carbons (Fsp3) is 0.0769. The van der Waals surface area contributed by atoms with E-state index in [4.69, 9.17) is 0 Å². The summed E-state index contributed by atoms with van der Waals surface area (Å²) in [7, 11) is -7.30. The molecule has 0 saturated carbocycles. The van der Waals surface area contributed by atoms with Crippen LogP contribution >= 0.6 is 22.6 Å². The molecule has 0 aliphatic carbocycles. The number of sulfone groups is 1. The Morgan fingerprint density at radius 1 is 0.905 bits per heavy atom. The molecule has 2 aromatic rings. The molecule has 2 aromatic carbocycles. The van der Waals surface area contributed by atoms with Gasteiger partial charge in [-0.2, -0.15) is 0 Å². The van der Waals surface area contributed by atoms with E-state index in [1.165, 1.54) is 18.2 Å². The molecule has 0 aliphatic heterocycles. The highest BCUT2D eigenvalue weighted by Crippen LogP contribution is 2.22. The van der Waals surface area contributed by atoms with Crippen molar-refractivity contribution in [1.29, 1.82) is 0 Å². The van der Waals surface area contributed by atoms with Crippen LogP contribution in [0, 0.1) is 3.57 Å². The molecule has 0 fully saturated rings. The van der Waals surface area contributed by atoms with Gasteiger partial charge in [0.05, 0.1) is 15.5 Å². The number of para-hydroxylation sites is 1. The zero-order valence-electron chi connectivity index (χ0n) is 10.9. The van der Waals surface area contributed by atoms with Gasteiger partial charge in [-0.1, -0.05) is 18.2 Å². The smallest absolute Gasteiger partial charge is 0.261 e. The minimum absolute atomic E-state index is 0.0341. The van der Waals surface area contributed by atoms with Crippen LogP contribution in [0.3, 0.4) is 0 Å². The van der Waals surface area contributed by atoms with E-state index in [1.54, 1.807) is 24.3 Å². The van der Waals surface area contributed by atoms with Crippen molar-refractivity contribution in [2.24, 2.45) is 0 Å². The van der Waals surface area contributed by atoms with Gasteiger partial charge in [0, 0.05) is 9.83 Å². The first kappa shape index (κ1) is 16.2. The van der Waals surface area contributed by atoms with Crippen molar-refractivity contribution < 1.29 is 16.8 Å². The number of rotatable bonds is 4. The van der Waals surface area contributed by atoms with Crippen molar-refractivity contribution in [1.82, 2.24) is 0 Å². The third-order valence-corrected chi connectivity index (χ3v) is 6.08. The summed E-state index contributed by atoms with van der Waals surface area (Å²) in [4.78, 5) is -0.127. The van der Waals surface area contributed by atoms with E-state index in [1.807, 2.05) is 22.6 Å². The highest BCUT2D eigenvalue weighted by atomic mass is 127. The molecule has 0 atom stereocenters. The highest BCUT2D eigenvalue weighted by Gasteiger charge is 2.18. The number of hydrogen-bond acceptors (Lipinski definition) is 4. The summed E-state index contributed by atoms with van der Waals surface area (Å²) in [5, 5.41) is 0. The summed E-state index contributed by atoms with van der Waals surface area (Å²) in [5.74, 6) is 0. The summed E-state index contributed by atoms with van der Waals surface area (Å²) in [6, 6.07) is 12.2. The summed E-state index contributed by atoms with van der Waals surface area (Å²) >= 11 is 2.02. The number of sulfonamides is 1. The first-order chi connectivity index (χ1) is 9.70. The summed E-state index contributed by atoms with van der Waals surface area (Å²) in [5.41, 5.74) is 0.447. The van der Waals surface area contributed by atoms with E-state index in [-0.39, 0.29) is 9.79 Å². The van der Waals surface area contributed by atoms with Gasteiger partial charge in [0.1, 0.15) is 0 Å². The molecule has 21 heavy (non-hydrogen) atoms. The standard InChI is InChI=1S/C13H12INO4S2/c1-20(16,17)10-5-4-6-11(9-10)21(18,19)15-13-8-3-2-7-12(13)14/h2-9,15H,1H3. The van der Waals surface area contributed by atoms with Crippen LogP contribution in [0.4, 0.5) is 5.69 Å². The average molecular weight is 437 g/mol. The van der Waals surface area contributed by atoms with Crippen LogP contribution in [-0.2, 0) is 19.9 Å². The molecule has 1 N–H and O–H groups in total. The quantitative estimate of drug-likeness (QED) is 0.746. The summed E-state index contributed by atoms with van der Waals surface area (Å²) in [6.07, 6.45) is 1.03. The molecule has 8 heteroatoms. The first-order valence-electron chi connectivity index (χ1n) is 5.77. The molecular weight excluding hydrogens is 425 g/mol. The van der Waals surface area contributed by atoms with Crippen molar-refractivity contribution >= 4 is 48.1 Å². The number of halogens is 1. The van der Waals surface area contributed by atoms with Crippen molar-refractivity contribution in [3.8, 4) is 0 Å². The first-order valence-corrected chi connectivity index (χ1v) is 10.2. The maximum Gasteiger partial charge on any atom is 0.261 e. The Hall–Kier alpha value is -1.13. The van der Waals surface area contributed by atoms with Gasteiger partial charge in [0.25, 0.3) is 10.0 Å². The largest absolute Gasteiger partial charge is 0.279 e. The molecule has 0 aromatic heterocycles. The lowest BCUT2D eigenvalue weighted by Crippen LogP contribution is -2.14. The SMILES string of the molecule is CS(=O)(=O)c1cccc(S(=O)(=O)Nc2ccccc2I)c1. The molecule has 0 aliphatic rings. The third-order valence-electron chi connectivity index (χ3n) is 2.66. The van der Waals surface area contributed by atoms with Crippen LogP contribution < -0.4 is 4.72 Å². The van der Waals surface area contributed by atoms with E-state index in [2.05, 4.69) is 4.72 Å². The summed E-state index contributed by atoms with van der Waals surface area (Å²) < 4.78 is 50.9. The fourth-order valence-corrected chi connectivity index (χ4v) is 4.19. The van der Waals surface area contributed by atoms with Crippen molar-refractivity contribution in [2.45, 2.75) is 9.79 Å². The Kier molecular flexibility index (Phi) is 4.59. The Labute approximate surface area is 137 Å². The van der Waals surface area contributed by atoms with Crippen LogP contribution in [0.2, 0.25) is 0 Å². The molecule has 0 unspecified atom stereocenters. The Morgan fingerprint density at radius 3 is 2.14 bits per heavy atom. The number of benzene rings is 2. The van der Waals surface area contributed by atoms with Crippen molar-refractivity contribution in [3.63, 3.8) is 0 Å². The maximum atomic E-state index is 12.3. The Bertz CT molecular complexity index is 877. The monoisotopic (exact) mass is 437 g/mol. The second-order valence-corrected chi connectivity index (χ2v) is 9.19. The highest BCUT2D eigenvalue weighted by molar-refractivity contribution is 14.1. The number of hydrogen-bond donors (Lipinski definition) is 1. The van der Waals surface area contributed by atoms with Crippen LogP contribution in [0.25, 0.3) is 0 Å². The normalized spacial score (nSPS) is 12.1. The Balaban J connectivity index is 2.44. The average Bonchev–Trinajstić information content (AvgIpc) is 2.40. The van der Waals surface area contributed by atoms with E-state index < -0.39 is 19.9 Å². The summed E-state index contributed by atoms with van der Waals surface area (Å²) in [6.45, 7) is 0. The van der Waals surface area contributed by atoms with Crippen LogP contribution in [0.5, 0.6) is 0 Å². The van der Waals surface area contributed by atoms with Crippen LogP contribution in [0.15, 0.2) is 58.3 Å². The molecule has 0 saturated heterocycles. The lowest BCUT2D eigenvalue weighted by molar-refractivity contribution is 0.599. The van der Waals surface area contributed by atoms with Gasteiger partial charge in [0.2, 0.25) is 0 Å². The van der Waals surface area contributed by atoms with Crippen molar-refractivity contribution in [2.75, 3.05) is 11.0 Å². The van der Waals surface area contributed by atoms with Gasteiger partial charge in [-0.3, -0.25) is 4.72 Å². The van der Waals surface area contributed by atoms with Crippen LogP contribution in [0.1, 0.15) is 0 Å². The lowest BCUT2D eigenvalue weighted by Gasteiger charge is -2.10. The number of nitrogens with one attached hydrogen (secondary N) is 1. The molecule has 0 spiro atoms. The molecule has 2 rings (SSSR count). The zero-order chi connectivity index (χ0) is 15.7. The van der Waals surface area contributed by atoms with Gasteiger partial charge in [-0.15, -0.1) is 0 Å². The van der Waals surface area contributed by atoms with E-state index >= 15 is 0 Å². The molecule has 0 amide bonds.